The molecule has 0 unspecified atom stereocenters. The van der Waals surface area contributed by atoms with Crippen molar-refractivity contribution in [2.45, 2.75) is 116 Å². The van der Waals surface area contributed by atoms with Crippen molar-refractivity contribution in [3.05, 3.63) is 0 Å². The molecule has 0 aliphatic rings. The van der Waals surface area contributed by atoms with E-state index in [-0.39, 0.29) is 29.9 Å². The smallest absolute Gasteiger partial charge is 0.145 e. The van der Waals surface area contributed by atoms with Gasteiger partial charge in [-0.3, -0.25) is 0 Å². The Balaban J connectivity index is 4.18. The van der Waals surface area contributed by atoms with Gasteiger partial charge < -0.3 is 18.9 Å². The molecule has 0 N–H and O–H groups in total. The first-order valence-corrected chi connectivity index (χ1v) is 22.3. The Morgan fingerprint density at radius 3 is 1.12 bits per heavy atom. The molecule has 0 saturated heterocycles. The van der Waals surface area contributed by atoms with Gasteiger partial charge in [-0.05, 0) is 71.0 Å². The van der Waals surface area contributed by atoms with Gasteiger partial charge in [-0.1, -0.05) is 75.2 Å². The van der Waals surface area contributed by atoms with Gasteiger partial charge in [-0.25, -0.2) is 0 Å². The number of hydrogen-bond donors (Lipinski definition) is 0. The van der Waals surface area contributed by atoms with Gasteiger partial charge in [0.05, 0.1) is 19.0 Å². The summed E-state index contributed by atoms with van der Waals surface area (Å²) in [6, 6.07) is 2.47. The SMILES string of the molecule is CCCOC(CCCSSSSCCCC(OCCC)(OCCC)[SiH2]CC)(OCCC)[SiH2]CC. The minimum Gasteiger partial charge on any atom is -0.354 e. The van der Waals surface area contributed by atoms with Crippen molar-refractivity contribution in [3.8, 4) is 0 Å². The van der Waals surface area contributed by atoms with Gasteiger partial charge in [0.1, 0.15) is 10.8 Å². The van der Waals surface area contributed by atoms with Gasteiger partial charge in [0, 0.05) is 37.9 Å². The van der Waals surface area contributed by atoms with E-state index in [1.165, 1.54) is 12.1 Å². The fraction of sp³-hybridized carbons (Fsp3) is 1.00. The van der Waals surface area contributed by atoms with E-state index in [1.807, 2.05) is 41.2 Å². The van der Waals surface area contributed by atoms with E-state index in [9.17, 15) is 0 Å². The van der Waals surface area contributed by atoms with Crippen LogP contribution in [0.25, 0.3) is 0 Å². The first-order valence-electron chi connectivity index (χ1n) is 13.7. The molecular weight excluding hydrogens is 537 g/mol. The Kier molecular flexibility index (Phi) is 26.2. The molecule has 0 bridgehead atoms. The quantitative estimate of drug-likeness (QED) is 0.0422. The van der Waals surface area contributed by atoms with Crippen molar-refractivity contribution >= 4 is 60.3 Å². The summed E-state index contributed by atoms with van der Waals surface area (Å²) >= 11 is 0. The molecule has 0 rings (SSSR count). The molecule has 0 aliphatic heterocycles. The van der Waals surface area contributed by atoms with E-state index in [4.69, 9.17) is 18.9 Å². The van der Waals surface area contributed by atoms with Crippen molar-refractivity contribution in [1.29, 1.82) is 0 Å². The van der Waals surface area contributed by atoms with Crippen LogP contribution in [0.15, 0.2) is 0 Å². The lowest BCUT2D eigenvalue weighted by atomic mass is 10.3. The summed E-state index contributed by atoms with van der Waals surface area (Å²) in [5, 5.41) is 0. The fourth-order valence-corrected chi connectivity index (χ4v) is 13.6. The molecule has 206 valence electrons. The van der Waals surface area contributed by atoms with Crippen LogP contribution in [0.3, 0.4) is 0 Å². The molecule has 0 fully saturated rings. The highest BCUT2D eigenvalue weighted by molar-refractivity contribution is 9.26. The van der Waals surface area contributed by atoms with Crippen LogP contribution in [0.2, 0.25) is 12.1 Å². The molecule has 0 saturated carbocycles. The third-order valence-corrected chi connectivity index (χ3v) is 15.9. The van der Waals surface area contributed by atoms with Crippen molar-refractivity contribution in [3.63, 3.8) is 0 Å². The summed E-state index contributed by atoms with van der Waals surface area (Å²) < 4.78 is 25.1. The zero-order valence-corrected chi connectivity index (χ0v) is 29.1. The molecule has 0 aromatic rings. The van der Waals surface area contributed by atoms with E-state index >= 15 is 0 Å². The average molecular weight is 591 g/mol. The minimum absolute atomic E-state index is 0.234. The average Bonchev–Trinajstić information content (AvgIpc) is 2.85. The maximum absolute atomic E-state index is 6.28. The van der Waals surface area contributed by atoms with Crippen LogP contribution in [-0.2, 0) is 18.9 Å². The molecule has 0 heterocycles. The van der Waals surface area contributed by atoms with E-state index in [0.29, 0.717) is 0 Å². The van der Waals surface area contributed by atoms with Crippen LogP contribution in [0.1, 0.15) is 92.9 Å². The van der Waals surface area contributed by atoms with Crippen LogP contribution < -0.4 is 0 Å². The molecule has 0 atom stereocenters. The van der Waals surface area contributed by atoms with Crippen LogP contribution in [0, 0.1) is 0 Å². The molecule has 10 heteroatoms. The molecule has 4 nitrogen and oxygen atoms in total. The molecule has 0 aliphatic carbocycles. The lowest BCUT2D eigenvalue weighted by Gasteiger charge is -2.34. The van der Waals surface area contributed by atoms with Crippen molar-refractivity contribution in [2.24, 2.45) is 0 Å². The van der Waals surface area contributed by atoms with Crippen LogP contribution in [0.4, 0.5) is 0 Å². The standard InChI is InChI=1S/C24H54O4S4Si2/c1-7-17-25-23(33-11-5,26-18-8-2)15-13-21-29-31-32-30-22-14-16-24(34-12-6,27-19-9-3)28-20-10-4/h7-22,33-34H2,1-6H3. The Labute approximate surface area is 231 Å². The highest BCUT2D eigenvalue weighted by atomic mass is 33.7. The van der Waals surface area contributed by atoms with Crippen LogP contribution >= 0.6 is 41.2 Å². The second kappa shape index (κ2) is 25.0. The molecule has 0 aromatic heterocycles. The van der Waals surface area contributed by atoms with Gasteiger partial charge in [0.15, 0.2) is 0 Å². The molecule has 0 aromatic carbocycles. The Morgan fingerprint density at radius 1 is 0.529 bits per heavy atom. The predicted octanol–water partition coefficient (Wildman–Crippen LogP) is 7.45. The van der Waals surface area contributed by atoms with Crippen molar-refractivity contribution in [2.75, 3.05) is 37.9 Å². The Hall–Kier alpha value is 1.67. The van der Waals surface area contributed by atoms with Crippen molar-refractivity contribution < 1.29 is 18.9 Å². The van der Waals surface area contributed by atoms with E-state index in [1.54, 1.807) is 0 Å². The first kappa shape index (κ1) is 35.7. The molecule has 0 spiro atoms. The van der Waals surface area contributed by atoms with Crippen LogP contribution in [-0.4, -0.2) is 67.8 Å². The third-order valence-electron chi connectivity index (χ3n) is 5.23. The zero-order valence-electron chi connectivity index (χ0n) is 23.0. The molecular formula is C24H54O4S4Si2. The largest absolute Gasteiger partial charge is 0.354 e. The fourth-order valence-electron chi connectivity index (χ4n) is 3.73. The monoisotopic (exact) mass is 590 g/mol. The number of rotatable bonds is 27. The van der Waals surface area contributed by atoms with Crippen molar-refractivity contribution in [1.82, 2.24) is 0 Å². The zero-order chi connectivity index (χ0) is 25.4. The molecule has 0 amide bonds. The predicted molar refractivity (Wildman–Crippen MR) is 167 cm³/mol. The summed E-state index contributed by atoms with van der Waals surface area (Å²) in [6.45, 7) is 16.6. The summed E-state index contributed by atoms with van der Waals surface area (Å²) in [4.78, 5) is 0. The highest BCUT2D eigenvalue weighted by Gasteiger charge is 2.31. The maximum Gasteiger partial charge on any atom is 0.145 e. The Bertz CT molecular complexity index is 386. The topological polar surface area (TPSA) is 36.9 Å². The molecule has 34 heavy (non-hydrogen) atoms. The number of ether oxygens (including phenoxy) is 4. The summed E-state index contributed by atoms with van der Waals surface area (Å²) in [5.74, 6) is 2.31. The second-order valence-corrected chi connectivity index (χ2v) is 20.1. The second-order valence-electron chi connectivity index (χ2n) is 8.70. The summed E-state index contributed by atoms with van der Waals surface area (Å²) in [7, 11) is 7.03. The summed E-state index contributed by atoms with van der Waals surface area (Å²) in [6.07, 6.45) is 8.68. The lowest BCUT2D eigenvalue weighted by Crippen LogP contribution is -2.43. The summed E-state index contributed by atoms with van der Waals surface area (Å²) in [5.41, 5.74) is -0.468. The normalized spacial score (nSPS) is 13.2. The van der Waals surface area contributed by atoms with Gasteiger partial charge in [0.2, 0.25) is 0 Å². The van der Waals surface area contributed by atoms with Gasteiger partial charge >= 0.3 is 0 Å². The minimum atomic E-state index is -0.380. The highest BCUT2D eigenvalue weighted by Crippen LogP contribution is 2.44. The van der Waals surface area contributed by atoms with E-state index < -0.39 is 0 Å². The van der Waals surface area contributed by atoms with E-state index in [2.05, 4.69) is 41.5 Å². The third kappa shape index (κ3) is 18.0. The Morgan fingerprint density at radius 2 is 0.853 bits per heavy atom. The van der Waals surface area contributed by atoms with Crippen LogP contribution in [0.5, 0.6) is 0 Å². The van der Waals surface area contributed by atoms with Gasteiger partial charge in [0.25, 0.3) is 0 Å². The maximum atomic E-state index is 6.28. The lowest BCUT2D eigenvalue weighted by molar-refractivity contribution is -0.185. The number of hydrogen-bond acceptors (Lipinski definition) is 8. The molecule has 0 radical (unpaired) electrons. The van der Waals surface area contributed by atoms with Gasteiger partial charge in [-0.15, -0.1) is 0 Å². The van der Waals surface area contributed by atoms with Gasteiger partial charge in [-0.2, -0.15) is 0 Å². The first-order chi connectivity index (χ1) is 16.6. The van der Waals surface area contributed by atoms with E-state index in [0.717, 1.165) is 89.3 Å².